The molecule has 98 valence electrons. The third kappa shape index (κ3) is 3.31. The Hall–Kier alpha value is -2.44. The highest BCUT2D eigenvalue weighted by molar-refractivity contribution is 6.30. The first-order chi connectivity index (χ1) is 9.60. The fourth-order valence-electron chi connectivity index (χ4n) is 1.63. The molecule has 4 heteroatoms. The number of benzene rings is 2. The number of hydrogen-bond donors (Lipinski definition) is 0. The van der Waals surface area contributed by atoms with Crippen molar-refractivity contribution in [2.75, 3.05) is 0 Å². The SMILES string of the molecule is N#Cc1cccc(/C=C/C(=O)c2ccc(Cl)c(F)c2)c1. The molecule has 0 aliphatic carbocycles. The second-order valence-electron chi connectivity index (χ2n) is 4.06. The molecule has 0 saturated carbocycles. The van der Waals surface area contributed by atoms with Gasteiger partial charge >= 0.3 is 0 Å². The van der Waals surface area contributed by atoms with Crippen molar-refractivity contribution in [2.45, 2.75) is 0 Å². The minimum atomic E-state index is -0.627. The van der Waals surface area contributed by atoms with Crippen molar-refractivity contribution in [3.8, 4) is 6.07 Å². The molecule has 2 rings (SSSR count). The van der Waals surface area contributed by atoms with E-state index in [1.807, 2.05) is 6.07 Å². The highest BCUT2D eigenvalue weighted by Gasteiger charge is 2.06. The molecule has 20 heavy (non-hydrogen) atoms. The van der Waals surface area contributed by atoms with Crippen LogP contribution in [0.25, 0.3) is 6.08 Å². The average Bonchev–Trinajstić information content (AvgIpc) is 2.47. The van der Waals surface area contributed by atoms with Gasteiger partial charge in [-0.1, -0.05) is 29.8 Å². The first-order valence-corrected chi connectivity index (χ1v) is 6.15. The van der Waals surface area contributed by atoms with Crippen LogP contribution in [0.1, 0.15) is 21.5 Å². The Morgan fingerprint density at radius 1 is 1.25 bits per heavy atom. The van der Waals surface area contributed by atoms with Crippen LogP contribution < -0.4 is 0 Å². The van der Waals surface area contributed by atoms with E-state index < -0.39 is 5.82 Å². The molecule has 2 aromatic rings. The molecular weight excluding hydrogens is 277 g/mol. The van der Waals surface area contributed by atoms with Gasteiger partial charge in [0, 0.05) is 5.56 Å². The van der Waals surface area contributed by atoms with E-state index in [1.165, 1.54) is 18.2 Å². The van der Waals surface area contributed by atoms with E-state index in [9.17, 15) is 9.18 Å². The molecule has 0 unspecified atom stereocenters. The number of nitriles is 1. The maximum absolute atomic E-state index is 13.3. The Morgan fingerprint density at radius 3 is 2.75 bits per heavy atom. The molecule has 0 N–H and O–H groups in total. The number of carbonyl (C=O) groups is 1. The molecule has 0 atom stereocenters. The number of nitrogens with zero attached hydrogens (tertiary/aromatic N) is 1. The molecule has 0 fully saturated rings. The van der Waals surface area contributed by atoms with Gasteiger partial charge in [-0.2, -0.15) is 5.26 Å². The quantitative estimate of drug-likeness (QED) is 0.625. The van der Waals surface area contributed by atoms with Gasteiger partial charge in [0.15, 0.2) is 5.78 Å². The van der Waals surface area contributed by atoms with Crippen LogP contribution in [0.2, 0.25) is 5.02 Å². The Labute approximate surface area is 120 Å². The van der Waals surface area contributed by atoms with E-state index in [4.69, 9.17) is 16.9 Å². The van der Waals surface area contributed by atoms with Gasteiger partial charge in [-0.05, 0) is 42.0 Å². The molecular formula is C16H9ClFNO. The Kier molecular flexibility index (Phi) is 4.29. The molecule has 0 aliphatic heterocycles. The number of rotatable bonds is 3. The summed E-state index contributed by atoms with van der Waals surface area (Å²) in [6, 6.07) is 12.7. The third-order valence-corrected chi connectivity index (χ3v) is 2.95. The van der Waals surface area contributed by atoms with E-state index in [1.54, 1.807) is 30.3 Å². The topological polar surface area (TPSA) is 40.9 Å². The highest BCUT2D eigenvalue weighted by atomic mass is 35.5. The molecule has 0 radical (unpaired) electrons. The summed E-state index contributed by atoms with van der Waals surface area (Å²) in [4.78, 5) is 11.9. The molecule has 0 bridgehead atoms. The zero-order valence-corrected chi connectivity index (χ0v) is 11.1. The summed E-state index contributed by atoms with van der Waals surface area (Å²) in [5, 5.41) is 8.76. The molecule has 2 nitrogen and oxygen atoms in total. The van der Waals surface area contributed by atoms with Crippen LogP contribution in [0, 0.1) is 17.1 Å². The summed E-state index contributed by atoms with van der Waals surface area (Å²) >= 11 is 5.56. The molecule has 0 aliphatic rings. The van der Waals surface area contributed by atoms with Crippen molar-refractivity contribution < 1.29 is 9.18 Å². The van der Waals surface area contributed by atoms with Gasteiger partial charge in [-0.15, -0.1) is 0 Å². The van der Waals surface area contributed by atoms with Gasteiger partial charge in [-0.25, -0.2) is 4.39 Å². The lowest BCUT2D eigenvalue weighted by molar-refractivity contribution is 0.104. The summed E-state index contributed by atoms with van der Waals surface area (Å²) in [6.07, 6.45) is 2.91. The maximum atomic E-state index is 13.3. The van der Waals surface area contributed by atoms with Gasteiger partial charge in [-0.3, -0.25) is 4.79 Å². The lowest BCUT2D eigenvalue weighted by atomic mass is 10.1. The summed E-state index contributed by atoms with van der Waals surface area (Å²) in [5.74, 6) is -0.958. The van der Waals surface area contributed by atoms with Crippen LogP contribution in [0.15, 0.2) is 48.5 Å². The van der Waals surface area contributed by atoms with E-state index in [-0.39, 0.29) is 16.4 Å². The van der Waals surface area contributed by atoms with Crippen LogP contribution in [0.3, 0.4) is 0 Å². The van der Waals surface area contributed by atoms with Crippen LogP contribution in [-0.2, 0) is 0 Å². The molecule has 0 heterocycles. The largest absolute Gasteiger partial charge is 0.289 e. The molecule has 0 aromatic heterocycles. The van der Waals surface area contributed by atoms with Crippen LogP contribution in [0.5, 0.6) is 0 Å². The van der Waals surface area contributed by atoms with Crippen molar-refractivity contribution in [1.29, 1.82) is 5.26 Å². The second kappa shape index (κ2) is 6.14. The van der Waals surface area contributed by atoms with E-state index in [2.05, 4.69) is 0 Å². The van der Waals surface area contributed by atoms with Crippen LogP contribution in [-0.4, -0.2) is 5.78 Å². The fraction of sp³-hybridized carbons (Fsp3) is 0. The fourth-order valence-corrected chi connectivity index (χ4v) is 1.75. The summed E-state index contributed by atoms with van der Waals surface area (Å²) in [5.41, 5.74) is 1.46. The number of ketones is 1. The molecule has 0 saturated heterocycles. The predicted octanol–water partition coefficient (Wildman–Crippen LogP) is 4.25. The van der Waals surface area contributed by atoms with Crippen molar-refractivity contribution in [2.24, 2.45) is 0 Å². The zero-order valence-electron chi connectivity index (χ0n) is 10.3. The van der Waals surface area contributed by atoms with Gasteiger partial charge in [0.05, 0.1) is 16.7 Å². The van der Waals surface area contributed by atoms with Gasteiger partial charge in [0.1, 0.15) is 5.82 Å². The zero-order chi connectivity index (χ0) is 14.5. The number of hydrogen-bond acceptors (Lipinski definition) is 2. The Morgan fingerprint density at radius 2 is 2.05 bits per heavy atom. The highest BCUT2D eigenvalue weighted by Crippen LogP contribution is 2.16. The summed E-state index contributed by atoms with van der Waals surface area (Å²) in [6.45, 7) is 0. The van der Waals surface area contributed by atoms with E-state index in [0.717, 1.165) is 11.6 Å². The summed E-state index contributed by atoms with van der Waals surface area (Å²) in [7, 11) is 0. The number of halogens is 2. The Bertz CT molecular complexity index is 731. The van der Waals surface area contributed by atoms with E-state index in [0.29, 0.717) is 5.56 Å². The van der Waals surface area contributed by atoms with Crippen LogP contribution >= 0.6 is 11.6 Å². The normalized spacial score (nSPS) is 10.4. The van der Waals surface area contributed by atoms with Crippen molar-refractivity contribution in [3.05, 3.63) is 76.1 Å². The molecule has 0 spiro atoms. The Balaban J connectivity index is 2.20. The van der Waals surface area contributed by atoms with Gasteiger partial charge < -0.3 is 0 Å². The minimum Gasteiger partial charge on any atom is -0.289 e. The third-order valence-electron chi connectivity index (χ3n) is 2.65. The lowest BCUT2D eigenvalue weighted by Crippen LogP contribution is -1.95. The lowest BCUT2D eigenvalue weighted by Gasteiger charge is -1.98. The average molecular weight is 286 g/mol. The van der Waals surface area contributed by atoms with Crippen molar-refractivity contribution in [1.82, 2.24) is 0 Å². The number of carbonyl (C=O) groups excluding carboxylic acids is 1. The van der Waals surface area contributed by atoms with Crippen molar-refractivity contribution in [3.63, 3.8) is 0 Å². The first-order valence-electron chi connectivity index (χ1n) is 5.78. The van der Waals surface area contributed by atoms with Crippen molar-refractivity contribution >= 4 is 23.5 Å². The molecule has 0 amide bonds. The standard InChI is InChI=1S/C16H9ClFNO/c17-14-6-5-13(9-15(14)18)16(20)7-4-11-2-1-3-12(8-11)10-19/h1-9H/b7-4+. The molecule has 2 aromatic carbocycles. The van der Waals surface area contributed by atoms with Gasteiger partial charge in [0.25, 0.3) is 0 Å². The summed E-state index contributed by atoms with van der Waals surface area (Å²) < 4.78 is 13.3. The van der Waals surface area contributed by atoms with Gasteiger partial charge in [0.2, 0.25) is 0 Å². The van der Waals surface area contributed by atoms with E-state index >= 15 is 0 Å². The maximum Gasteiger partial charge on any atom is 0.185 e. The van der Waals surface area contributed by atoms with Crippen LogP contribution in [0.4, 0.5) is 4.39 Å². The predicted molar refractivity (Wildman–Crippen MR) is 75.9 cm³/mol. The second-order valence-corrected chi connectivity index (χ2v) is 4.47. The minimum absolute atomic E-state index is 0.0211. The smallest absolute Gasteiger partial charge is 0.185 e. The number of allylic oxidation sites excluding steroid dienone is 1. The first kappa shape index (κ1) is 14.0. The monoisotopic (exact) mass is 285 g/mol.